The molecule has 32 heavy (non-hydrogen) atoms. The SMILES string of the molecule is O=C(O)N1CCC(OC2CCC(Oc3ccc(S(=O)(=O)N4CC(F)(F)C4)cc3)CC2)CC1. The van der Waals surface area contributed by atoms with Gasteiger partial charge in [0.2, 0.25) is 10.0 Å². The highest BCUT2D eigenvalue weighted by Gasteiger charge is 2.49. The molecule has 0 radical (unpaired) electrons. The standard InChI is InChI=1S/C21H28F2N2O6S/c22-21(23)13-25(14-21)32(28,29)19-7-5-17(6-8-19)30-15-1-3-16(4-2-15)31-18-9-11-24(12-10-18)20(26)27/h5-8,15-16,18H,1-4,9-14H2,(H,26,27). The fraction of sp³-hybridized carbons (Fsp3) is 0.667. The summed E-state index contributed by atoms with van der Waals surface area (Å²) in [5.41, 5.74) is 0. The Kier molecular flexibility index (Phi) is 6.60. The first-order chi connectivity index (χ1) is 15.1. The third kappa shape index (κ3) is 5.32. The zero-order chi connectivity index (χ0) is 22.9. The highest BCUT2D eigenvalue weighted by molar-refractivity contribution is 7.89. The molecular formula is C21H28F2N2O6S. The van der Waals surface area contributed by atoms with E-state index in [-0.39, 0.29) is 23.2 Å². The number of rotatable bonds is 6. The Bertz CT molecular complexity index is 903. The van der Waals surface area contributed by atoms with Gasteiger partial charge in [-0.05, 0) is 62.8 Å². The van der Waals surface area contributed by atoms with Crippen molar-refractivity contribution in [2.75, 3.05) is 26.2 Å². The third-order valence-electron chi connectivity index (χ3n) is 6.30. The van der Waals surface area contributed by atoms with Gasteiger partial charge in [0.1, 0.15) is 5.75 Å². The first kappa shape index (κ1) is 23.2. The summed E-state index contributed by atoms with van der Waals surface area (Å²) in [6.45, 7) is -0.552. The Morgan fingerprint density at radius 3 is 2.00 bits per heavy atom. The van der Waals surface area contributed by atoms with E-state index in [0.717, 1.165) is 30.0 Å². The fourth-order valence-electron chi connectivity index (χ4n) is 4.41. The number of piperidine rings is 1. The molecule has 1 N–H and O–H groups in total. The van der Waals surface area contributed by atoms with Gasteiger partial charge in [0.25, 0.3) is 5.92 Å². The van der Waals surface area contributed by atoms with E-state index in [0.29, 0.717) is 31.7 Å². The quantitative estimate of drug-likeness (QED) is 0.680. The van der Waals surface area contributed by atoms with E-state index in [9.17, 15) is 22.0 Å². The van der Waals surface area contributed by atoms with Crippen molar-refractivity contribution >= 4 is 16.1 Å². The molecule has 3 aliphatic rings. The number of alkyl halides is 2. The predicted octanol–water partition coefficient (Wildman–Crippen LogP) is 3.18. The number of likely N-dealkylation sites (tertiary alicyclic amines) is 1. The summed E-state index contributed by atoms with van der Waals surface area (Å²) in [4.78, 5) is 12.4. The van der Waals surface area contributed by atoms with E-state index in [2.05, 4.69) is 0 Å². The van der Waals surface area contributed by atoms with Crippen molar-refractivity contribution < 1.29 is 36.6 Å². The van der Waals surface area contributed by atoms with Gasteiger partial charge in [0, 0.05) is 13.1 Å². The molecule has 178 valence electrons. The number of carboxylic acid groups (broad SMARTS) is 1. The Hall–Kier alpha value is -1.98. The maximum absolute atomic E-state index is 13.0. The summed E-state index contributed by atoms with van der Waals surface area (Å²) in [6, 6.07) is 5.89. The van der Waals surface area contributed by atoms with Crippen LogP contribution in [-0.4, -0.2) is 79.2 Å². The second-order valence-corrected chi connectivity index (χ2v) is 10.7. The van der Waals surface area contributed by atoms with Crippen LogP contribution < -0.4 is 4.74 Å². The van der Waals surface area contributed by atoms with Gasteiger partial charge in [-0.2, -0.15) is 4.31 Å². The number of halogens is 2. The van der Waals surface area contributed by atoms with Crippen LogP contribution in [-0.2, 0) is 14.8 Å². The van der Waals surface area contributed by atoms with E-state index in [1.54, 1.807) is 12.1 Å². The second kappa shape index (κ2) is 9.11. The summed E-state index contributed by atoms with van der Waals surface area (Å²) in [5.74, 6) is -2.41. The van der Waals surface area contributed by atoms with Crippen molar-refractivity contribution in [3.8, 4) is 5.75 Å². The highest BCUT2D eigenvalue weighted by Crippen LogP contribution is 2.33. The molecule has 11 heteroatoms. The van der Waals surface area contributed by atoms with Gasteiger partial charge in [0.15, 0.2) is 0 Å². The summed E-state index contributed by atoms with van der Waals surface area (Å²) >= 11 is 0. The molecule has 1 amide bonds. The minimum absolute atomic E-state index is 0.000221. The molecule has 2 saturated heterocycles. The maximum Gasteiger partial charge on any atom is 0.407 e. The lowest BCUT2D eigenvalue weighted by atomic mass is 9.94. The number of benzene rings is 1. The number of sulfonamides is 1. The van der Waals surface area contributed by atoms with Crippen molar-refractivity contribution in [3.05, 3.63) is 24.3 Å². The van der Waals surface area contributed by atoms with E-state index < -0.39 is 35.1 Å². The molecular weight excluding hydrogens is 446 g/mol. The lowest BCUT2D eigenvalue weighted by Crippen LogP contribution is -2.58. The van der Waals surface area contributed by atoms with E-state index in [4.69, 9.17) is 14.6 Å². The largest absolute Gasteiger partial charge is 0.490 e. The molecule has 8 nitrogen and oxygen atoms in total. The fourth-order valence-corrected chi connectivity index (χ4v) is 5.91. The Labute approximate surface area is 186 Å². The number of ether oxygens (including phenoxy) is 2. The Morgan fingerprint density at radius 2 is 1.47 bits per heavy atom. The zero-order valence-electron chi connectivity index (χ0n) is 17.7. The van der Waals surface area contributed by atoms with Crippen LogP contribution in [0.3, 0.4) is 0 Å². The van der Waals surface area contributed by atoms with Crippen molar-refractivity contribution in [3.63, 3.8) is 0 Å². The van der Waals surface area contributed by atoms with Crippen LogP contribution in [0.5, 0.6) is 5.75 Å². The second-order valence-electron chi connectivity index (χ2n) is 8.72. The van der Waals surface area contributed by atoms with E-state index >= 15 is 0 Å². The van der Waals surface area contributed by atoms with Crippen molar-refractivity contribution in [1.82, 2.24) is 9.21 Å². The molecule has 1 aromatic carbocycles. The molecule has 1 aliphatic carbocycles. The molecule has 0 unspecified atom stereocenters. The first-order valence-electron chi connectivity index (χ1n) is 10.9. The molecule has 2 aliphatic heterocycles. The molecule has 0 spiro atoms. The molecule has 2 heterocycles. The lowest BCUT2D eigenvalue weighted by molar-refractivity contribution is -0.0945. The molecule has 1 aromatic rings. The van der Waals surface area contributed by atoms with E-state index in [1.807, 2.05) is 0 Å². The van der Waals surface area contributed by atoms with Gasteiger partial charge in [-0.3, -0.25) is 0 Å². The highest BCUT2D eigenvalue weighted by atomic mass is 32.2. The van der Waals surface area contributed by atoms with Crippen LogP contribution in [0.2, 0.25) is 0 Å². The molecule has 3 fully saturated rings. The van der Waals surface area contributed by atoms with Crippen LogP contribution in [0.25, 0.3) is 0 Å². The van der Waals surface area contributed by atoms with Crippen molar-refractivity contribution in [2.45, 2.75) is 67.7 Å². The van der Waals surface area contributed by atoms with Crippen LogP contribution >= 0.6 is 0 Å². The zero-order valence-corrected chi connectivity index (χ0v) is 18.5. The molecule has 0 atom stereocenters. The lowest BCUT2D eigenvalue weighted by Gasteiger charge is -2.37. The first-order valence-corrected chi connectivity index (χ1v) is 12.3. The van der Waals surface area contributed by atoms with Crippen molar-refractivity contribution in [1.29, 1.82) is 0 Å². The van der Waals surface area contributed by atoms with Gasteiger partial charge in [-0.15, -0.1) is 0 Å². The molecule has 1 saturated carbocycles. The Morgan fingerprint density at radius 1 is 0.938 bits per heavy atom. The van der Waals surface area contributed by atoms with Gasteiger partial charge < -0.3 is 19.5 Å². The average Bonchev–Trinajstić information content (AvgIpc) is 2.74. The number of hydrogen-bond acceptors (Lipinski definition) is 5. The van der Waals surface area contributed by atoms with Gasteiger partial charge in [-0.1, -0.05) is 0 Å². The monoisotopic (exact) mass is 474 g/mol. The normalized spacial score (nSPS) is 27.0. The molecule has 0 aromatic heterocycles. The average molecular weight is 475 g/mol. The van der Waals surface area contributed by atoms with Gasteiger partial charge >= 0.3 is 6.09 Å². The summed E-state index contributed by atoms with van der Waals surface area (Å²) in [5, 5.41) is 9.02. The maximum atomic E-state index is 13.0. The van der Waals surface area contributed by atoms with Gasteiger partial charge in [0.05, 0.1) is 36.3 Å². The number of carbonyl (C=O) groups is 1. The van der Waals surface area contributed by atoms with Crippen LogP contribution in [0, 0.1) is 0 Å². The van der Waals surface area contributed by atoms with Gasteiger partial charge in [-0.25, -0.2) is 22.0 Å². The van der Waals surface area contributed by atoms with Crippen LogP contribution in [0.4, 0.5) is 13.6 Å². The summed E-state index contributed by atoms with van der Waals surface area (Å²) in [6.07, 6.45) is 4.09. The third-order valence-corrected chi connectivity index (χ3v) is 8.10. The van der Waals surface area contributed by atoms with Crippen molar-refractivity contribution in [2.24, 2.45) is 0 Å². The smallest absolute Gasteiger partial charge is 0.407 e. The Balaban J connectivity index is 1.21. The van der Waals surface area contributed by atoms with E-state index in [1.165, 1.54) is 17.0 Å². The van der Waals surface area contributed by atoms with Crippen LogP contribution in [0.1, 0.15) is 38.5 Å². The molecule has 0 bridgehead atoms. The minimum atomic E-state index is -3.91. The predicted molar refractivity (Wildman–Crippen MR) is 111 cm³/mol. The minimum Gasteiger partial charge on any atom is -0.490 e. The topological polar surface area (TPSA) is 96.4 Å². The number of amides is 1. The number of nitrogens with zero attached hydrogens (tertiary/aromatic N) is 2. The number of hydrogen-bond donors (Lipinski definition) is 1. The summed E-state index contributed by atoms with van der Waals surface area (Å²) < 4.78 is 63.6. The summed E-state index contributed by atoms with van der Waals surface area (Å²) in [7, 11) is -3.91. The molecule has 4 rings (SSSR count). The van der Waals surface area contributed by atoms with Crippen LogP contribution in [0.15, 0.2) is 29.2 Å².